The maximum Gasteiger partial charge on any atom is 0.328 e. The minimum absolute atomic E-state index is 0.151. The summed E-state index contributed by atoms with van der Waals surface area (Å²) in [5, 5.41) is 14.4. The van der Waals surface area contributed by atoms with Crippen molar-refractivity contribution in [2.75, 3.05) is 26.3 Å². The van der Waals surface area contributed by atoms with E-state index in [0.29, 0.717) is 26.1 Å². The molecular formula is C20H33N3O6. The van der Waals surface area contributed by atoms with Gasteiger partial charge in [-0.25, -0.2) is 4.79 Å². The Morgan fingerprint density at radius 3 is 2.31 bits per heavy atom. The maximum atomic E-state index is 12.7. The van der Waals surface area contributed by atoms with Crippen LogP contribution in [0.5, 0.6) is 0 Å². The number of ether oxygens (including phenoxy) is 1. The Morgan fingerprint density at radius 2 is 1.62 bits per heavy atom. The van der Waals surface area contributed by atoms with E-state index in [1.165, 1.54) is 0 Å². The van der Waals surface area contributed by atoms with Crippen molar-refractivity contribution in [2.45, 2.75) is 76.3 Å². The predicted octanol–water partition coefficient (Wildman–Crippen LogP) is 0.814. The zero-order valence-electron chi connectivity index (χ0n) is 17.0. The van der Waals surface area contributed by atoms with Gasteiger partial charge in [-0.2, -0.15) is 0 Å². The normalized spacial score (nSPS) is 25.9. The summed E-state index contributed by atoms with van der Waals surface area (Å²) >= 11 is 0. The molecule has 2 saturated heterocycles. The van der Waals surface area contributed by atoms with E-state index in [1.807, 2.05) is 0 Å². The van der Waals surface area contributed by atoms with E-state index >= 15 is 0 Å². The number of rotatable bonds is 3. The number of hydrogen-bond donors (Lipinski definition) is 3. The van der Waals surface area contributed by atoms with Crippen LogP contribution in [0.3, 0.4) is 0 Å². The van der Waals surface area contributed by atoms with Crippen molar-refractivity contribution in [1.82, 2.24) is 15.5 Å². The lowest BCUT2D eigenvalue weighted by molar-refractivity contribution is -0.144. The molecule has 2 aliphatic heterocycles. The van der Waals surface area contributed by atoms with E-state index in [9.17, 15) is 24.3 Å². The third-order valence-electron chi connectivity index (χ3n) is 5.33. The molecule has 2 heterocycles. The molecule has 164 valence electrons. The third-order valence-corrected chi connectivity index (χ3v) is 5.33. The molecule has 2 fully saturated rings. The second-order valence-electron chi connectivity index (χ2n) is 7.76. The second kappa shape index (κ2) is 12.4. The molecule has 9 heteroatoms. The van der Waals surface area contributed by atoms with Crippen molar-refractivity contribution in [3.8, 4) is 0 Å². The molecule has 0 saturated carbocycles. The van der Waals surface area contributed by atoms with E-state index in [4.69, 9.17) is 4.74 Å². The Balaban J connectivity index is 2.05. The van der Waals surface area contributed by atoms with Crippen LogP contribution in [-0.2, 0) is 23.9 Å². The molecule has 2 aliphatic rings. The summed E-state index contributed by atoms with van der Waals surface area (Å²) in [6.07, 6.45) is 7.47. The highest BCUT2D eigenvalue weighted by Gasteiger charge is 2.30. The smallest absolute Gasteiger partial charge is 0.328 e. The van der Waals surface area contributed by atoms with Crippen LogP contribution in [0.15, 0.2) is 0 Å². The van der Waals surface area contributed by atoms with Crippen molar-refractivity contribution >= 4 is 23.7 Å². The average Bonchev–Trinajstić information content (AvgIpc) is 3.21. The summed E-state index contributed by atoms with van der Waals surface area (Å²) in [7, 11) is 0. The van der Waals surface area contributed by atoms with Crippen LogP contribution in [-0.4, -0.2) is 72.1 Å². The number of carbonyl (C=O) groups is 4. The number of aliphatic carboxylic acids is 1. The molecule has 3 N–H and O–H groups in total. The first-order chi connectivity index (χ1) is 14.0. The van der Waals surface area contributed by atoms with Gasteiger partial charge < -0.3 is 25.4 Å². The van der Waals surface area contributed by atoms with Crippen molar-refractivity contribution in [1.29, 1.82) is 0 Å². The molecule has 9 nitrogen and oxygen atoms in total. The van der Waals surface area contributed by atoms with Gasteiger partial charge in [0.05, 0.1) is 13.0 Å². The molecule has 0 unspecified atom stereocenters. The molecule has 0 radical (unpaired) electrons. The van der Waals surface area contributed by atoms with Gasteiger partial charge in [0, 0.05) is 26.1 Å². The molecular weight excluding hydrogens is 378 g/mol. The minimum atomic E-state index is -1.23. The van der Waals surface area contributed by atoms with Crippen LogP contribution in [0.25, 0.3) is 0 Å². The van der Waals surface area contributed by atoms with E-state index in [2.05, 4.69) is 10.6 Å². The Hall–Kier alpha value is -2.16. The largest absolute Gasteiger partial charge is 0.480 e. The molecule has 2 rings (SSSR count). The fourth-order valence-corrected chi connectivity index (χ4v) is 3.59. The van der Waals surface area contributed by atoms with Gasteiger partial charge in [0.15, 0.2) is 6.04 Å². The van der Waals surface area contributed by atoms with Gasteiger partial charge in [0.1, 0.15) is 6.04 Å². The Morgan fingerprint density at radius 1 is 0.966 bits per heavy atom. The lowest BCUT2D eigenvalue weighted by atomic mass is 10.1. The summed E-state index contributed by atoms with van der Waals surface area (Å²) in [4.78, 5) is 50.7. The first kappa shape index (κ1) is 23.1. The van der Waals surface area contributed by atoms with E-state index < -0.39 is 24.0 Å². The van der Waals surface area contributed by atoms with Gasteiger partial charge >= 0.3 is 5.97 Å². The number of amides is 3. The molecule has 0 aromatic heterocycles. The molecule has 0 spiro atoms. The Labute approximate surface area is 171 Å². The Bertz CT molecular complexity index is 577. The summed E-state index contributed by atoms with van der Waals surface area (Å²) in [5.74, 6) is -2.39. The van der Waals surface area contributed by atoms with Gasteiger partial charge in [0.2, 0.25) is 17.7 Å². The zero-order chi connectivity index (χ0) is 21.1. The minimum Gasteiger partial charge on any atom is -0.480 e. The summed E-state index contributed by atoms with van der Waals surface area (Å²) in [6, 6.07) is -2.32. The number of nitrogens with one attached hydrogen (secondary N) is 2. The highest BCUT2D eigenvalue weighted by Crippen LogP contribution is 2.12. The van der Waals surface area contributed by atoms with E-state index in [0.717, 1.165) is 44.9 Å². The number of carbonyl (C=O) groups excluding carboxylic acids is 3. The topological polar surface area (TPSA) is 125 Å². The van der Waals surface area contributed by atoms with Crippen LogP contribution in [0, 0.1) is 0 Å². The fourth-order valence-electron chi connectivity index (χ4n) is 3.59. The number of hydrogen-bond acceptors (Lipinski definition) is 5. The second-order valence-corrected chi connectivity index (χ2v) is 7.76. The number of likely N-dealkylation sites (tertiary alicyclic amines) is 1. The van der Waals surface area contributed by atoms with Crippen molar-refractivity contribution in [2.24, 2.45) is 0 Å². The SMILES string of the molecule is O=C1CCCCCCCCOC[C@@H](C(=O)O)NC(=O)[C@H](CC(=O)N2CCCC2)N1. The molecule has 0 bridgehead atoms. The molecule has 0 aromatic rings. The first-order valence-electron chi connectivity index (χ1n) is 10.7. The highest BCUT2D eigenvalue weighted by molar-refractivity contribution is 5.94. The standard InChI is InChI=1S/C20H33N3O6/c24-17-9-5-3-1-2-4-8-12-29-14-16(20(27)28)22-19(26)15(21-17)13-18(25)23-10-6-7-11-23/h15-16H,1-14H2,(H,21,24)(H,22,26)(H,27,28)/t15-,16-/m0/s1. The van der Waals surface area contributed by atoms with Gasteiger partial charge in [-0.15, -0.1) is 0 Å². The van der Waals surface area contributed by atoms with Crippen LogP contribution in [0.2, 0.25) is 0 Å². The monoisotopic (exact) mass is 411 g/mol. The van der Waals surface area contributed by atoms with Gasteiger partial charge in [-0.3, -0.25) is 14.4 Å². The summed E-state index contributed by atoms with van der Waals surface area (Å²) in [6.45, 7) is 1.58. The highest BCUT2D eigenvalue weighted by atomic mass is 16.5. The first-order valence-corrected chi connectivity index (χ1v) is 10.7. The van der Waals surface area contributed by atoms with Gasteiger partial charge in [0.25, 0.3) is 0 Å². The van der Waals surface area contributed by atoms with E-state index in [1.54, 1.807) is 4.90 Å². The van der Waals surface area contributed by atoms with Crippen LogP contribution < -0.4 is 10.6 Å². The molecule has 3 amide bonds. The molecule has 0 aromatic carbocycles. The number of nitrogens with zero attached hydrogens (tertiary/aromatic N) is 1. The van der Waals surface area contributed by atoms with Gasteiger partial charge in [-0.05, 0) is 25.7 Å². The molecule has 0 aliphatic carbocycles. The average molecular weight is 411 g/mol. The zero-order valence-corrected chi connectivity index (χ0v) is 17.0. The number of carboxylic acid groups (broad SMARTS) is 1. The quantitative estimate of drug-likeness (QED) is 0.631. The number of carboxylic acids is 1. The van der Waals surface area contributed by atoms with Crippen molar-refractivity contribution < 1.29 is 29.0 Å². The van der Waals surface area contributed by atoms with Crippen molar-refractivity contribution in [3.05, 3.63) is 0 Å². The van der Waals surface area contributed by atoms with Crippen molar-refractivity contribution in [3.63, 3.8) is 0 Å². The third kappa shape index (κ3) is 8.39. The van der Waals surface area contributed by atoms with Gasteiger partial charge in [-0.1, -0.05) is 25.7 Å². The van der Waals surface area contributed by atoms with Crippen LogP contribution in [0.4, 0.5) is 0 Å². The maximum absolute atomic E-state index is 12.7. The lowest BCUT2D eigenvalue weighted by Gasteiger charge is -2.23. The fraction of sp³-hybridized carbons (Fsp3) is 0.800. The van der Waals surface area contributed by atoms with Crippen LogP contribution in [0.1, 0.15) is 64.2 Å². The summed E-state index contributed by atoms with van der Waals surface area (Å²) in [5.41, 5.74) is 0. The molecule has 2 atom stereocenters. The predicted molar refractivity (Wildman–Crippen MR) is 105 cm³/mol. The Kier molecular flexibility index (Phi) is 9.90. The summed E-state index contributed by atoms with van der Waals surface area (Å²) < 4.78 is 5.42. The van der Waals surface area contributed by atoms with Crippen LogP contribution >= 0.6 is 0 Å². The molecule has 29 heavy (non-hydrogen) atoms. The van der Waals surface area contributed by atoms with E-state index in [-0.39, 0.29) is 31.3 Å². The lowest BCUT2D eigenvalue weighted by Crippen LogP contribution is -2.54.